The number of halogens is 2. The number of ether oxygens (including phenoxy) is 1. The standard InChI is InChI=1S/C15H14F2N2O2/c1-9-4-3-5-14(18-9)19-15(20)10(2)21-13-7-6-11(16)8-12(13)17/h3-8,10H,1-2H3,(H,18,19,20). The summed E-state index contributed by atoms with van der Waals surface area (Å²) in [5, 5.41) is 2.56. The Kier molecular flexibility index (Phi) is 4.47. The predicted molar refractivity (Wildman–Crippen MR) is 74.1 cm³/mol. The van der Waals surface area contributed by atoms with Gasteiger partial charge in [-0.1, -0.05) is 6.07 Å². The van der Waals surface area contributed by atoms with Crippen LogP contribution in [-0.4, -0.2) is 17.0 Å². The molecule has 1 unspecified atom stereocenters. The van der Waals surface area contributed by atoms with Crippen LogP contribution in [0.4, 0.5) is 14.6 Å². The molecule has 1 amide bonds. The van der Waals surface area contributed by atoms with Crippen molar-refractivity contribution in [1.29, 1.82) is 0 Å². The lowest BCUT2D eigenvalue weighted by atomic mass is 10.3. The number of carbonyl (C=O) groups is 1. The van der Waals surface area contributed by atoms with Crippen molar-refractivity contribution in [2.75, 3.05) is 5.32 Å². The number of amides is 1. The van der Waals surface area contributed by atoms with Crippen molar-refractivity contribution in [3.8, 4) is 5.75 Å². The molecular formula is C15H14F2N2O2. The first-order valence-electron chi connectivity index (χ1n) is 6.32. The molecule has 21 heavy (non-hydrogen) atoms. The number of aryl methyl sites for hydroxylation is 1. The van der Waals surface area contributed by atoms with Crippen LogP contribution in [0.15, 0.2) is 36.4 Å². The lowest BCUT2D eigenvalue weighted by Crippen LogP contribution is -2.30. The minimum Gasteiger partial charge on any atom is -0.478 e. The zero-order valence-corrected chi connectivity index (χ0v) is 11.6. The smallest absolute Gasteiger partial charge is 0.266 e. The monoisotopic (exact) mass is 292 g/mol. The third-order valence-corrected chi connectivity index (χ3v) is 2.71. The van der Waals surface area contributed by atoms with Gasteiger partial charge in [-0.2, -0.15) is 0 Å². The lowest BCUT2D eigenvalue weighted by Gasteiger charge is -2.15. The summed E-state index contributed by atoms with van der Waals surface area (Å²) in [7, 11) is 0. The molecule has 2 rings (SSSR count). The Morgan fingerprint density at radius 2 is 2.05 bits per heavy atom. The molecular weight excluding hydrogens is 278 g/mol. The van der Waals surface area contributed by atoms with Gasteiger partial charge >= 0.3 is 0 Å². The first-order chi connectivity index (χ1) is 9.95. The number of benzene rings is 1. The molecule has 0 spiro atoms. The van der Waals surface area contributed by atoms with Crippen molar-refractivity contribution in [3.05, 3.63) is 53.7 Å². The Morgan fingerprint density at radius 1 is 1.29 bits per heavy atom. The van der Waals surface area contributed by atoms with Crippen LogP contribution in [0.2, 0.25) is 0 Å². The van der Waals surface area contributed by atoms with Gasteiger partial charge in [-0.05, 0) is 38.1 Å². The molecule has 6 heteroatoms. The number of anilines is 1. The summed E-state index contributed by atoms with van der Waals surface area (Å²) >= 11 is 0. The van der Waals surface area contributed by atoms with Crippen LogP contribution < -0.4 is 10.1 Å². The van der Waals surface area contributed by atoms with Crippen LogP contribution in [0.25, 0.3) is 0 Å². The number of nitrogens with zero attached hydrogens (tertiary/aromatic N) is 1. The van der Waals surface area contributed by atoms with E-state index in [0.29, 0.717) is 11.9 Å². The number of pyridine rings is 1. The van der Waals surface area contributed by atoms with Gasteiger partial charge in [-0.15, -0.1) is 0 Å². The first-order valence-corrected chi connectivity index (χ1v) is 6.32. The Hall–Kier alpha value is -2.50. The summed E-state index contributed by atoms with van der Waals surface area (Å²) in [6.07, 6.45) is -0.952. The highest BCUT2D eigenvalue weighted by molar-refractivity contribution is 5.93. The minimum absolute atomic E-state index is 0.184. The first kappa shape index (κ1) is 14.9. The van der Waals surface area contributed by atoms with Crippen LogP contribution >= 0.6 is 0 Å². The molecule has 1 N–H and O–H groups in total. The molecule has 1 aromatic heterocycles. The maximum absolute atomic E-state index is 13.4. The van der Waals surface area contributed by atoms with Crippen LogP contribution in [0.5, 0.6) is 5.75 Å². The number of hydrogen-bond donors (Lipinski definition) is 1. The van der Waals surface area contributed by atoms with Crippen molar-refractivity contribution in [3.63, 3.8) is 0 Å². The molecule has 2 aromatic rings. The molecule has 0 aliphatic rings. The maximum Gasteiger partial charge on any atom is 0.266 e. The predicted octanol–water partition coefficient (Wildman–Crippen LogP) is 3.07. The SMILES string of the molecule is Cc1cccc(NC(=O)C(C)Oc2ccc(F)cc2F)n1. The Bertz CT molecular complexity index is 662. The van der Waals surface area contributed by atoms with Gasteiger partial charge in [0.2, 0.25) is 0 Å². The fraction of sp³-hybridized carbons (Fsp3) is 0.200. The number of nitrogens with one attached hydrogen (secondary N) is 1. The van der Waals surface area contributed by atoms with E-state index in [1.165, 1.54) is 6.92 Å². The number of aromatic nitrogens is 1. The van der Waals surface area contributed by atoms with Gasteiger partial charge in [0.15, 0.2) is 17.7 Å². The highest BCUT2D eigenvalue weighted by Gasteiger charge is 2.17. The number of rotatable bonds is 4. The van der Waals surface area contributed by atoms with Crippen LogP contribution in [0.1, 0.15) is 12.6 Å². The fourth-order valence-corrected chi connectivity index (χ4v) is 1.66. The number of hydrogen-bond acceptors (Lipinski definition) is 3. The molecule has 0 aliphatic carbocycles. The quantitative estimate of drug-likeness (QED) is 0.942. The van der Waals surface area contributed by atoms with Gasteiger partial charge in [0, 0.05) is 11.8 Å². The molecule has 0 fully saturated rings. The van der Waals surface area contributed by atoms with Gasteiger partial charge in [-0.3, -0.25) is 4.79 Å². The van der Waals surface area contributed by atoms with E-state index in [4.69, 9.17) is 4.74 Å². The van der Waals surface area contributed by atoms with Crippen molar-refractivity contribution in [2.45, 2.75) is 20.0 Å². The van der Waals surface area contributed by atoms with E-state index in [1.54, 1.807) is 25.1 Å². The van der Waals surface area contributed by atoms with Crippen molar-refractivity contribution >= 4 is 11.7 Å². The van der Waals surface area contributed by atoms with E-state index in [-0.39, 0.29) is 5.75 Å². The maximum atomic E-state index is 13.4. The molecule has 4 nitrogen and oxygen atoms in total. The molecule has 0 bridgehead atoms. The highest BCUT2D eigenvalue weighted by atomic mass is 19.1. The van der Waals surface area contributed by atoms with Gasteiger partial charge in [0.05, 0.1) is 0 Å². The summed E-state index contributed by atoms with van der Waals surface area (Å²) in [5.74, 6) is -1.84. The molecule has 0 aliphatic heterocycles. The highest BCUT2D eigenvalue weighted by Crippen LogP contribution is 2.19. The Balaban J connectivity index is 2.02. The average molecular weight is 292 g/mol. The van der Waals surface area contributed by atoms with E-state index < -0.39 is 23.6 Å². The average Bonchev–Trinajstić information content (AvgIpc) is 2.41. The van der Waals surface area contributed by atoms with Crippen LogP contribution in [0.3, 0.4) is 0 Å². The van der Waals surface area contributed by atoms with E-state index in [9.17, 15) is 13.6 Å². The molecule has 1 atom stereocenters. The van der Waals surface area contributed by atoms with E-state index in [1.807, 2.05) is 0 Å². The van der Waals surface area contributed by atoms with Gasteiger partial charge < -0.3 is 10.1 Å². The second-order valence-electron chi connectivity index (χ2n) is 4.49. The summed E-state index contributed by atoms with van der Waals surface area (Å²) in [4.78, 5) is 16.1. The van der Waals surface area contributed by atoms with E-state index in [2.05, 4.69) is 10.3 Å². The van der Waals surface area contributed by atoms with Gasteiger partial charge in [0.1, 0.15) is 11.6 Å². The minimum atomic E-state index is -0.952. The third kappa shape index (κ3) is 3.98. The normalized spacial score (nSPS) is 11.8. The van der Waals surface area contributed by atoms with Gasteiger partial charge in [-0.25, -0.2) is 13.8 Å². The van der Waals surface area contributed by atoms with Crippen LogP contribution in [0, 0.1) is 18.6 Å². The summed E-state index contributed by atoms with van der Waals surface area (Å²) in [6.45, 7) is 3.26. The summed E-state index contributed by atoms with van der Waals surface area (Å²) in [5.41, 5.74) is 0.756. The molecule has 110 valence electrons. The van der Waals surface area contributed by atoms with E-state index in [0.717, 1.165) is 17.8 Å². The molecule has 0 saturated carbocycles. The second kappa shape index (κ2) is 6.30. The fourth-order valence-electron chi connectivity index (χ4n) is 1.66. The van der Waals surface area contributed by atoms with Gasteiger partial charge in [0.25, 0.3) is 5.91 Å². The molecule has 1 heterocycles. The number of carbonyl (C=O) groups excluding carboxylic acids is 1. The molecule has 0 saturated heterocycles. The molecule has 0 radical (unpaired) electrons. The third-order valence-electron chi connectivity index (χ3n) is 2.71. The zero-order chi connectivity index (χ0) is 15.4. The summed E-state index contributed by atoms with van der Waals surface area (Å²) in [6, 6.07) is 8.08. The molecule has 1 aromatic carbocycles. The zero-order valence-electron chi connectivity index (χ0n) is 11.6. The Morgan fingerprint density at radius 3 is 2.71 bits per heavy atom. The van der Waals surface area contributed by atoms with Crippen molar-refractivity contribution in [2.24, 2.45) is 0 Å². The summed E-state index contributed by atoms with van der Waals surface area (Å²) < 4.78 is 31.4. The topological polar surface area (TPSA) is 51.2 Å². The second-order valence-corrected chi connectivity index (χ2v) is 4.49. The van der Waals surface area contributed by atoms with Crippen LogP contribution in [-0.2, 0) is 4.79 Å². The largest absolute Gasteiger partial charge is 0.478 e. The van der Waals surface area contributed by atoms with Crippen molar-refractivity contribution in [1.82, 2.24) is 4.98 Å². The van der Waals surface area contributed by atoms with E-state index >= 15 is 0 Å². The Labute approximate surface area is 120 Å². The van der Waals surface area contributed by atoms with Crippen molar-refractivity contribution < 1.29 is 18.3 Å². The lowest BCUT2D eigenvalue weighted by molar-refractivity contribution is -0.122.